The summed E-state index contributed by atoms with van der Waals surface area (Å²) in [7, 11) is -5.97. The first kappa shape index (κ1) is 42.0. The van der Waals surface area contributed by atoms with E-state index >= 15 is 0 Å². The van der Waals surface area contributed by atoms with E-state index in [0.717, 1.165) is 36.0 Å². The molecule has 2 aromatic carbocycles. The maximum Gasteiger partial charge on any atom is 0.416 e. The Hall–Kier alpha value is -0.980. The summed E-state index contributed by atoms with van der Waals surface area (Å²) in [6.45, 7) is 13.3. The molecule has 6 nitrogen and oxygen atoms in total. The van der Waals surface area contributed by atoms with E-state index in [9.17, 15) is 35.5 Å². The molecule has 0 amide bonds. The second-order valence-electron chi connectivity index (χ2n) is 8.57. The maximum atomic E-state index is 12.8. The molecule has 0 aliphatic rings. The molecule has 0 aliphatic carbocycles. The van der Waals surface area contributed by atoms with E-state index in [1.54, 1.807) is 60.6 Å². The molecule has 0 atom stereocenters. The molecule has 16 heteroatoms. The molecule has 43 heavy (non-hydrogen) atoms. The smallest absolute Gasteiger partial charge is 0.309 e. The number of thiol groups is 1. The Labute approximate surface area is 260 Å². The van der Waals surface area contributed by atoms with Crippen molar-refractivity contribution in [1.82, 2.24) is 0 Å². The van der Waals surface area contributed by atoms with Crippen LogP contribution >= 0.6 is 39.6 Å². The van der Waals surface area contributed by atoms with E-state index in [4.69, 9.17) is 18.1 Å². The van der Waals surface area contributed by atoms with E-state index < -0.39 is 38.7 Å². The average Bonchev–Trinajstić information content (AvgIpc) is 2.87. The Balaban J connectivity index is 0.000000678. The van der Waals surface area contributed by atoms with Crippen LogP contribution in [-0.4, -0.2) is 38.1 Å². The van der Waals surface area contributed by atoms with Gasteiger partial charge in [-0.3, -0.25) is 9.13 Å². The van der Waals surface area contributed by atoms with E-state index in [1.165, 1.54) is 0 Å². The summed E-state index contributed by atoms with van der Waals surface area (Å²) in [5.74, 6) is 0. The monoisotopic (exact) mass is 700 g/mol. The largest absolute Gasteiger partial charge is 0.416 e. The highest BCUT2D eigenvalue weighted by Crippen LogP contribution is 2.52. The SMILES string of the molecule is CCOP(=O)(CC)OCC.CCOP(=O)(CSc1cc(C)cc(C(F)(F)F)c1)OCC.Cc1cc(S)cc(C(F)(F)F)c1. The summed E-state index contributed by atoms with van der Waals surface area (Å²) in [5.41, 5.74) is -0.319. The molecule has 0 radical (unpaired) electrons. The molecule has 0 aromatic heterocycles. The van der Waals surface area contributed by atoms with Crippen molar-refractivity contribution in [2.24, 2.45) is 0 Å². The van der Waals surface area contributed by atoms with Gasteiger partial charge in [0.2, 0.25) is 0 Å². The summed E-state index contributed by atoms with van der Waals surface area (Å²) in [6.07, 6.45) is -8.22. The Morgan fingerprint density at radius 2 is 1.05 bits per heavy atom. The average molecular weight is 701 g/mol. The Kier molecular flexibility index (Phi) is 19.1. The minimum atomic E-state index is -4.40. The van der Waals surface area contributed by atoms with Crippen LogP contribution in [0.1, 0.15) is 56.9 Å². The van der Waals surface area contributed by atoms with Gasteiger partial charge in [0.1, 0.15) is 5.49 Å². The molecule has 0 N–H and O–H groups in total. The highest BCUT2D eigenvalue weighted by Gasteiger charge is 2.32. The summed E-state index contributed by atoms with van der Waals surface area (Å²) in [6, 6.07) is 7.42. The molecule has 0 fully saturated rings. The molecule has 0 saturated heterocycles. The van der Waals surface area contributed by atoms with E-state index in [-0.39, 0.29) is 18.7 Å². The van der Waals surface area contributed by atoms with Crippen molar-refractivity contribution < 1.29 is 53.6 Å². The van der Waals surface area contributed by atoms with Crippen LogP contribution in [0.2, 0.25) is 0 Å². The number of aryl methyl sites for hydroxylation is 2. The summed E-state index contributed by atoms with van der Waals surface area (Å²) < 4.78 is 118. The predicted molar refractivity (Wildman–Crippen MR) is 163 cm³/mol. The van der Waals surface area contributed by atoms with Gasteiger partial charge in [-0.25, -0.2) is 0 Å². The number of hydrogen-bond donors (Lipinski definition) is 1. The highest BCUT2D eigenvalue weighted by molar-refractivity contribution is 8.04. The van der Waals surface area contributed by atoms with Gasteiger partial charge in [-0.1, -0.05) is 6.92 Å². The Morgan fingerprint density at radius 3 is 1.42 bits per heavy atom. The lowest BCUT2D eigenvalue weighted by Gasteiger charge is -2.17. The molecule has 0 saturated carbocycles. The van der Waals surface area contributed by atoms with Crippen LogP contribution in [0.25, 0.3) is 0 Å². The van der Waals surface area contributed by atoms with Crippen molar-refractivity contribution in [2.75, 3.05) is 38.1 Å². The standard InChI is InChI=1S/C13H18F3O3PS.C8H7F3S.C6H15O3P/c1-4-18-20(17,19-5-2)9-21-12-7-10(3)6-11(8-12)13(14,15)16;1-5-2-6(8(9,10)11)4-7(12)3-5;1-4-8-10(7,6-3)9-5-2/h6-8H,4-5,9H2,1-3H3;2-4,12H,1H3;4-6H2,1-3H3. The van der Waals surface area contributed by atoms with Crippen LogP contribution in [0.15, 0.2) is 46.2 Å². The molecule has 0 bridgehead atoms. The minimum absolute atomic E-state index is 0.0184. The van der Waals surface area contributed by atoms with Crippen LogP contribution in [0.5, 0.6) is 0 Å². The number of benzene rings is 2. The molecular formula is C27H40F6O6P2S2. The lowest BCUT2D eigenvalue weighted by atomic mass is 10.1. The van der Waals surface area contributed by atoms with Crippen LogP contribution in [-0.2, 0) is 39.6 Å². The molecule has 2 rings (SSSR count). The number of hydrogen-bond acceptors (Lipinski definition) is 8. The van der Waals surface area contributed by atoms with Gasteiger partial charge in [0.25, 0.3) is 0 Å². The Bertz CT molecular complexity index is 1170. The predicted octanol–water partition coefficient (Wildman–Crippen LogP) is 10.9. The lowest BCUT2D eigenvalue weighted by molar-refractivity contribution is -0.138. The number of halogens is 6. The van der Waals surface area contributed by atoms with E-state index in [0.29, 0.717) is 40.3 Å². The third-order valence-corrected chi connectivity index (χ3v) is 10.8. The fourth-order valence-electron chi connectivity index (χ4n) is 3.19. The number of rotatable bonds is 12. The fourth-order valence-corrected chi connectivity index (χ4v) is 7.93. The van der Waals surface area contributed by atoms with Gasteiger partial charge in [0, 0.05) is 16.0 Å². The Morgan fingerprint density at radius 1 is 0.651 bits per heavy atom. The zero-order valence-corrected chi connectivity index (χ0v) is 28.7. The van der Waals surface area contributed by atoms with Crippen LogP contribution in [0.3, 0.4) is 0 Å². The number of thioether (sulfide) groups is 1. The first-order chi connectivity index (χ1) is 19.8. The quantitative estimate of drug-likeness (QED) is 0.102. The van der Waals surface area contributed by atoms with Gasteiger partial charge in [0.05, 0.1) is 37.6 Å². The summed E-state index contributed by atoms with van der Waals surface area (Å²) in [4.78, 5) is 0.726. The molecule has 0 spiro atoms. The van der Waals surface area contributed by atoms with Crippen molar-refractivity contribution in [3.63, 3.8) is 0 Å². The minimum Gasteiger partial charge on any atom is -0.309 e. The lowest BCUT2D eigenvalue weighted by Crippen LogP contribution is -2.05. The van der Waals surface area contributed by atoms with Crippen molar-refractivity contribution in [3.05, 3.63) is 58.7 Å². The zero-order valence-electron chi connectivity index (χ0n) is 25.2. The van der Waals surface area contributed by atoms with Crippen molar-refractivity contribution in [3.8, 4) is 0 Å². The third kappa shape index (κ3) is 17.3. The molecule has 0 heterocycles. The fraction of sp³-hybridized carbons (Fsp3) is 0.556. The van der Waals surface area contributed by atoms with Gasteiger partial charge >= 0.3 is 27.5 Å². The van der Waals surface area contributed by atoms with Crippen LogP contribution in [0, 0.1) is 13.8 Å². The second-order valence-corrected chi connectivity index (χ2v) is 15.0. The van der Waals surface area contributed by atoms with Gasteiger partial charge in [0.15, 0.2) is 0 Å². The third-order valence-electron chi connectivity index (χ3n) is 4.85. The molecular weight excluding hydrogens is 660 g/mol. The summed E-state index contributed by atoms with van der Waals surface area (Å²) in [5, 5.41) is 0. The normalized spacial score (nSPS) is 12.2. The van der Waals surface area contributed by atoms with Crippen molar-refractivity contribution in [2.45, 2.75) is 70.6 Å². The number of alkyl halides is 6. The summed E-state index contributed by atoms with van der Waals surface area (Å²) >= 11 is 4.89. The van der Waals surface area contributed by atoms with Gasteiger partial charge in [-0.05, 0) is 89.1 Å². The van der Waals surface area contributed by atoms with E-state index in [2.05, 4.69) is 12.6 Å². The van der Waals surface area contributed by atoms with Crippen LogP contribution in [0.4, 0.5) is 26.3 Å². The van der Waals surface area contributed by atoms with Gasteiger partial charge in [-0.15, -0.1) is 24.4 Å². The van der Waals surface area contributed by atoms with Crippen LogP contribution < -0.4 is 0 Å². The molecule has 2 aromatic rings. The highest BCUT2D eigenvalue weighted by atomic mass is 32.2. The maximum absolute atomic E-state index is 12.8. The zero-order chi connectivity index (χ0) is 33.5. The topological polar surface area (TPSA) is 71.1 Å². The van der Waals surface area contributed by atoms with E-state index in [1.807, 2.05) is 0 Å². The molecule has 0 unspecified atom stereocenters. The van der Waals surface area contributed by atoms with Gasteiger partial charge < -0.3 is 18.1 Å². The van der Waals surface area contributed by atoms with Gasteiger partial charge in [-0.2, -0.15) is 26.3 Å². The van der Waals surface area contributed by atoms with Crippen molar-refractivity contribution in [1.29, 1.82) is 0 Å². The molecule has 248 valence electrons. The first-order valence-corrected chi connectivity index (χ1v) is 18.1. The molecule has 0 aliphatic heterocycles. The second kappa shape index (κ2) is 19.5. The van der Waals surface area contributed by atoms with Crippen molar-refractivity contribution >= 4 is 39.6 Å². The first-order valence-electron chi connectivity index (χ1n) is 13.2.